The van der Waals surface area contributed by atoms with E-state index in [2.05, 4.69) is 16.0 Å². The Hall–Kier alpha value is -5.22. The molecule has 4 rings (SSSR count). The molecule has 0 bridgehead atoms. The zero-order valence-corrected chi connectivity index (χ0v) is 24.7. The Morgan fingerprint density at radius 2 is 1.44 bits per heavy atom. The monoisotopic (exact) mass is 597 g/mol. The molecular formula is C33H31N3O6S. The third kappa shape index (κ3) is 8.64. The Morgan fingerprint density at radius 3 is 2.14 bits per heavy atom. The van der Waals surface area contributed by atoms with Gasteiger partial charge in [-0.25, -0.2) is 0 Å². The number of methoxy groups -OCH3 is 3. The number of ether oxygens (including phenoxy) is 3. The van der Waals surface area contributed by atoms with Gasteiger partial charge in [0.15, 0.2) is 0 Å². The van der Waals surface area contributed by atoms with E-state index in [4.69, 9.17) is 14.2 Å². The lowest BCUT2D eigenvalue weighted by atomic mass is 10.1. The largest absolute Gasteiger partial charge is 0.497 e. The molecule has 0 spiro atoms. The summed E-state index contributed by atoms with van der Waals surface area (Å²) in [6.45, 7) is 0. The lowest BCUT2D eigenvalue weighted by Gasteiger charge is -2.13. The number of hydrogen-bond donors (Lipinski definition) is 3. The van der Waals surface area contributed by atoms with Crippen molar-refractivity contribution >= 4 is 46.9 Å². The normalized spacial score (nSPS) is 10.8. The van der Waals surface area contributed by atoms with Gasteiger partial charge in [0.05, 0.1) is 32.8 Å². The van der Waals surface area contributed by atoms with Crippen LogP contribution in [-0.4, -0.2) is 44.8 Å². The highest BCUT2D eigenvalue weighted by Gasteiger charge is 2.17. The van der Waals surface area contributed by atoms with Crippen LogP contribution < -0.4 is 30.2 Å². The molecule has 4 aromatic rings. The van der Waals surface area contributed by atoms with Crippen LogP contribution in [-0.2, 0) is 9.59 Å². The summed E-state index contributed by atoms with van der Waals surface area (Å²) >= 11 is 1.35. The third-order valence-corrected chi connectivity index (χ3v) is 7.14. The highest BCUT2D eigenvalue weighted by atomic mass is 32.2. The maximum absolute atomic E-state index is 13.4. The number of anilines is 2. The predicted molar refractivity (Wildman–Crippen MR) is 169 cm³/mol. The summed E-state index contributed by atoms with van der Waals surface area (Å²) in [6.07, 6.45) is 1.54. The van der Waals surface area contributed by atoms with Crippen LogP contribution >= 0.6 is 11.8 Å². The summed E-state index contributed by atoms with van der Waals surface area (Å²) in [5.41, 5.74) is 2.10. The Morgan fingerprint density at radius 1 is 0.744 bits per heavy atom. The summed E-state index contributed by atoms with van der Waals surface area (Å²) in [7, 11) is 4.60. The van der Waals surface area contributed by atoms with Crippen molar-refractivity contribution in [3.05, 3.63) is 114 Å². The minimum atomic E-state index is -0.529. The lowest BCUT2D eigenvalue weighted by molar-refractivity contribution is -0.114. The van der Waals surface area contributed by atoms with Crippen LogP contribution in [0.5, 0.6) is 17.2 Å². The van der Waals surface area contributed by atoms with E-state index in [9.17, 15) is 14.4 Å². The Kier molecular flexibility index (Phi) is 10.8. The molecule has 0 unspecified atom stereocenters. The zero-order chi connectivity index (χ0) is 30.6. The van der Waals surface area contributed by atoms with Gasteiger partial charge in [-0.15, -0.1) is 11.8 Å². The summed E-state index contributed by atoms with van der Waals surface area (Å²) < 4.78 is 16.0. The molecule has 0 saturated heterocycles. The molecule has 0 atom stereocenters. The molecule has 0 saturated carbocycles. The van der Waals surface area contributed by atoms with Crippen molar-refractivity contribution in [3.63, 3.8) is 0 Å². The van der Waals surface area contributed by atoms with Crippen molar-refractivity contribution in [1.29, 1.82) is 0 Å². The Balaban J connectivity index is 1.46. The number of nitrogens with one attached hydrogen (secondary N) is 3. The first-order valence-electron chi connectivity index (χ1n) is 13.2. The Bertz CT molecular complexity index is 1610. The van der Waals surface area contributed by atoms with Crippen molar-refractivity contribution in [3.8, 4) is 17.2 Å². The van der Waals surface area contributed by atoms with Crippen LogP contribution in [0, 0.1) is 0 Å². The van der Waals surface area contributed by atoms with Gasteiger partial charge in [0, 0.05) is 27.8 Å². The average Bonchev–Trinajstić information content (AvgIpc) is 3.04. The van der Waals surface area contributed by atoms with E-state index in [0.29, 0.717) is 39.8 Å². The molecule has 3 amide bonds. The molecule has 10 heteroatoms. The number of benzene rings is 4. The van der Waals surface area contributed by atoms with Crippen molar-refractivity contribution in [2.24, 2.45) is 0 Å². The molecule has 4 aromatic carbocycles. The molecule has 220 valence electrons. The summed E-state index contributed by atoms with van der Waals surface area (Å²) in [4.78, 5) is 39.7. The van der Waals surface area contributed by atoms with Crippen molar-refractivity contribution in [2.75, 3.05) is 37.7 Å². The molecule has 0 aliphatic carbocycles. The van der Waals surface area contributed by atoms with E-state index in [1.807, 2.05) is 12.1 Å². The maximum Gasteiger partial charge on any atom is 0.272 e. The smallest absolute Gasteiger partial charge is 0.272 e. The van der Waals surface area contributed by atoms with Crippen molar-refractivity contribution in [1.82, 2.24) is 5.32 Å². The first kappa shape index (κ1) is 30.7. The van der Waals surface area contributed by atoms with Crippen LogP contribution in [0.3, 0.4) is 0 Å². The Labute approximate surface area is 254 Å². The highest BCUT2D eigenvalue weighted by molar-refractivity contribution is 8.00. The summed E-state index contributed by atoms with van der Waals surface area (Å²) in [5.74, 6) is 0.681. The second kappa shape index (κ2) is 15.1. The van der Waals surface area contributed by atoms with Gasteiger partial charge >= 0.3 is 0 Å². The first-order valence-corrected chi connectivity index (χ1v) is 14.2. The SMILES string of the molecule is COc1ccc(/C=C(\NC(=O)c2ccccc2)C(=O)Nc2ccc(SCC(=O)Nc3ccccc3OC)cc2)c(OC)c1. The molecule has 0 radical (unpaired) electrons. The number of rotatable bonds is 12. The number of thioether (sulfide) groups is 1. The molecule has 9 nitrogen and oxygen atoms in total. The highest BCUT2D eigenvalue weighted by Crippen LogP contribution is 2.27. The molecule has 43 heavy (non-hydrogen) atoms. The summed E-state index contributed by atoms with van der Waals surface area (Å²) in [6, 6.07) is 28.0. The van der Waals surface area contributed by atoms with Gasteiger partial charge in [0.25, 0.3) is 11.8 Å². The van der Waals surface area contributed by atoms with Crippen LogP contribution in [0.25, 0.3) is 6.08 Å². The van der Waals surface area contributed by atoms with Crippen molar-refractivity contribution < 1.29 is 28.6 Å². The maximum atomic E-state index is 13.4. The van der Waals surface area contributed by atoms with Gasteiger partial charge in [-0.2, -0.15) is 0 Å². The minimum absolute atomic E-state index is 0.0174. The van der Waals surface area contributed by atoms with Crippen LogP contribution in [0.4, 0.5) is 11.4 Å². The van der Waals surface area contributed by atoms with E-state index >= 15 is 0 Å². The minimum Gasteiger partial charge on any atom is -0.497 e. The molecule has 0 aromatic heterocycles. The fourth-order valence-electron chi connectivity index (χ4n) is 3.95. The van der Waals surface area contributed by atoms with Crippen LogP contribution in [0.15, 0.2) is 108 Å². The van der Waals surface area contributed by atoms with Gasteiger partial charge in [-0.05, 0) is 66.7 Å². The van der Waals surface area contributed by atoms with E-state index in [1.54, 1.807) is 105 Å². The van der Waals surface area contributed by atoms with Gasteiger partial charge in [0.2, 0.25) is 5.91 Å². The van der Waals surface area contributed by atoms with Crippen LogP contribution in [0.1, 0.15) is 15.9 Å². The first-order chi connectivity index (χ1) is 20.9. The average molecular weight is 598 g/mol. The zero-order valence-electron chi connectivity index (χ0n) is 23.9. The topological polar surface area (TPSA) is 115 Å². The molecule has 3 N–H and O–H groups in total. The quantitative estimate of drug-likeness (QED) is 0.139. The standard InChI is InChI=1S/C33H31N3O6S/c1-40-25-16-13-23(30(20-25)42-3)19-28(36-32(38)22-9-5-4-6-10-22)33(39)34-24-14-17-26(18-15-24)43-21-31(37)35-27-11-7-8-12-29(27)41-2/h4-20H,21H2,1-3H3,(H,34,39)(H,35,37)(H,36,38)/b28-19-. The van der Waals surface area contributed by atoms with Gasteiger partial charge in [-0.3, -0.25) is 14.4 Å². The van der Waals surface area contributed by atoms with Crippen LogP contribution in [0.2, 0.25) is 0 Å². The lowest BCUT2D eigenvalue weighted by Crippen LogP contribution is -2.30. The van der Waals surface area contributed by atoms with Crippen molar-refractivity contribution in [2.45, 2.75) is 4.90 Å². The molecule has 0 fully saturated rings. The number of hydrogen-bond acceptors (Lipinski definition) is 7. The molecule has 0 aliphatic rings. The molecule has 0 aliphatic heterocycles. The number of carbonyl (C=O) groups excluding carboxylic acids is 3. The van der Waals surface area contributed by atoms with Gasteiger partial charge in [-0.1, -0.05) is 30.3 Å². The second-order valence-electron chi connectivity index (χ2n) is 9.00. The number of para-hydroxylation sites is 2. The predicted octanol–water partition coefficient (Wildman–Crippen LogP) is 5.85. The third-order valence-electron chi connectivity index (χ3n) is 6.13. The van der Waals surface area contributed by atoms with E-state index in [-0.39, 0.29) is 17.4 Å². The second-order valence-corrected chi connectivity index (χ2v) is 10.1. The summed E-state index contributed by atoms with van der Waals surface area (Å²) in [5, 5.41) is 8.39. The fourth-order valence-corrected chi connectivity index (χ4v) is 4.65. The van der Waals surface area contributed by atoms with E-state index < -0.39 is 11.8 Å². The van der Waals surface area contributed by atoms with Gasteiger partial charge in [0.1, 0.15) is 22.9 Å². The van der Waals surface area contributed by atoms with E-state index in [1.165, 1.54) is 18.9 Å². The number of carbonyl (C=O) groups is 3. The van der Waals surface area contributed by atoms with Gasteiger partial charge < -0.3 is 30.2 Å². The molecule has 0 heterocycles. The van der Waals surface area contributed by atoms with E-state index in [0.717, 1.165) is 4.90 Å². The molecular weight excluding hydrogens is 566 g/mol. The fraction of sp³-hybridized carbons (Fsp3) is 0.121. The number of amides is 3.